The van der Waals surface area contributed by atoms with Crippen molar-refractivity contribution in [3.63, 3.8) is 0 Å². The first-order chi connectivity index (χ1) is 9.55. The van der Waals surface area contributed by atoms with Crippen LogP contribution in [-0.2, 0) is 6.54 Å². The summed E-state index contributed by atoms with van der Waals surface area (Å²) >= 11 is 5.94. The topological polar surface area (TPSA) is 9.23 Å². The number of hydrogen-bond donors (Lipinski definition) is 0. The molecule has 0 aliphatic carbocycles. The van der Waals surface area contributed by atoms with Crippen molar-refractivity contribution in [2.75, 3.05) is 27.2 Å². The maximum absolute atomic E-state index is 5.94. The lowest BCUT2D eigenvalue weighted by Gasteiger charge is -2.29. The van der Waals surface area contributed by atoms with E-state index in [2.05, 4.69) is 38.4 Å². The van der Waals surface area contributed by atoms with Crippen LogP contribution in [0.25, 0.3) is 0 Å². The van der Waals surface area contributed by atoms with Crippen molar-refractivity contribution in [2.45, 2.75) is 6.54 Å². The Kier molecular flexibility index (Phi) is 7.03. The molecule has 0 radical (unpaired) electrons. The summed E-state index contributed by atoms with van der Waals surface area (Å²) in [6, 6.07) is 18.1. The van der Waals surface area contributed by atoms with E-state index in [0.717, 1.165) is 23.3 Å². The van der Waals surface area contributed by atoms with E-state index in [1.165, 1.54) is 5.56 Å². The Morgan fingerprint density at radius 2 is 1.71 bits per heavy atom. The van der Waals surface area contributed by atoms with E-state index in [9.17, 15) is 0 Å². The predicted octanol–water partition coefficient (Wildman–Crippen LogP) is 0.999. The molecule has 0 aromatic heterocycles. The molecule has 2 nitrogen and oxygen atoms in total. The fourth-order valence-electron chi connectivity index (χ4n) is 2.12. The summed E-state index contributed by atoms with van der Waals surface area (Å²) in [5, 5.41) is 0.709. The highest BCUT2D eigenvalue weighted by atomic mass is 35.5. The third kappa shape index (κ3) is 6.38. The minimum absolute atomic E-state index is 0. The zero-order valence-electron chi connectivity index (χ0n) is 12.4. The number of hydrogen-bond acceptors (Lipinski definition) is 1. The van der Waals surface area contributed by atoms with Crippen molar-refractivity contribution in [2.24, 2.45) is 0 Å². The van der Waals surface area contributed by atoms with Crippen LogP contribution in [0, 0.1) is 0 Å². The van der Waals surface area contributed by atoms with Crippen LogP contribution in [0.3, 0.4) is 0 Å². The van der Waals surface area contributed by atoms with E-state index in [1.807, 2.05) is 30.3 Å². The fourth-order valence-corrected chi connectivity index (χ4v) is 2.30. The van der Waals surface area contributed by atoms with E-state index in [0.29, 0.717) is 11.6 Å². The minimum atomic E-state index is 0. The van der Waals surface area contributed by atoms with Gasteiger partial charge in [-0.25, -0.2) is 0 Å². The van der Waals surface area contributed by atoms with Crippen molar-refractivity contribution in [3.05, 3.63) is 65.2 Å². The molecule has 0 saturated heterocycles. The molecule has 0 atom stereocenters. The Labute approximate surface area is 138 Å². The third-order valence-electron chi connectivity index (χ3n) is 3.21. The average Bonchev–Trinajstić information content (AvgIpc) is 2.39. The van der Waals surface area contributed by atoms with E-state index in [4.69, 9.17) is 16.3 Å². The van der Waals surface area contributed by atoms with Crippen LogP contribution in [0.2, 0.25) is 5.02 Å². The summed E-state index contributed by atoms with van der Waals surface area (Å²) in [4.78, 5) is 0. The molecule has 0 aliphatic rings. The number of benzene rings is 2. The maximum atomic E-state index is 5.94. The second-order valence-electron chi connectivity index (χ2n) is 5.61. The minimum Gasteiger partial charge on any atom is -1.00 e. The highest BCUT2D eigenvalue weighted by molar-refractivity contribution is 6.30. The molecule has 0 bridgehead atoms. The smallest absolute Gasteiger partial charge is 0.137 e. The second kappa shape index (κ2) is 8.28. The highest BCUT2D eigenvalue weighted by Gasteiger charge is 2.15. The van der Waals surface area contributed by atoms with Gasteiger partial charge in [-0.1, -0.05) is 48.0 Å². The Morgan fingerprint density at radius 1 is 1.00 bits per heavy atom. The summed E-state index contributed by atoms with van der Waals surface area (Å²) in [6.07, 6.45) is 0. The molecule has 4 heteroatoms. The van der Waals surface area contributed by atoms with Gasteiger partial charge in [0.15, 0.2) is 0 Å². The summed E-state index contributed by atoms with van der Waals surface area (Å²) < 4.78 is 6.65. The number of rotatable bonds is 6. The van der Waals surface area contributed by atoms with Crippen molar-refractivity contribution >= 4 is 11.6 Å². The molecule has 0 fully saturated rings. The van der Waals surface area contributed by atoms with Gasteiger partial charge in [0, 0.05) is 10.6 Å². The second-order valence-corrected chi connectivity index (χ2v) is 6.05. The van der Waals surface area contributed by atoms with Crippen molar-refractivity contribution in [1.82, 2.24) is 0 Å². The molecular formula is C17H21Cl2NO. The lowest BCUT2D eigenvalue weighted by Crippen LogP contribution is -3.00. The van der Waals surface area contributed by atoms with Crippen LogP contribution in [-0.4, -0.2) is 31.7 Å². The molecule has 114 valence electrons. The lowest BCUT2D eigenvalue weighted by atomic mass is 10.2. The molecule has 0 spiro atoms. The van der Waals surface area contributed by atoms with E-state index in [-0.39, 0.29) is 12.4 Å². The molecule has 0 N–H and O–H groups in total. The Bertz CT molecular complexity index is 543. The molecule has 2 aromatic rings. The number of ether oxygens (including phenoxy) is 1. The van der Waals surface area contributed by atoms with Gasteiger partial charge in [-0.05, 0) is 18.2 Å². The first-order valence-electron chi connectivity index (χ1n) is 6.79. The van der Waals surface area contributed by atoms with E-state index >= 15 is 0 Å². The van der Waals surface area contributed by atoms with Crippen LogP contribution in [0.15, 0.2) is 54.6 Å². The maximum Gasteiger partial charge on any atom is 0.137 e. The van der Waals surface area contributed by atoms with Gasteiger partial charge >= 0.3 is 0 Å². The molecule has 0 amide bonds. The Hall–Kier alpha value is -1.22. The quantitative estimate of drug-likeness (QED) is 0.720. The number of halogens is 2. The molecule has 2 aromatic carbocycles. The number of nitrogens with zero attached hydrogens (tertiary/aromatic N) is 1. The van der Waals surface area contributed by atoms with E-state index in [1.54, 1.807) is 0 Å². The standard InChI is InChI=1S/C17H21ClNO.ClH/c1-19(2,14-15-7-4-3-5-8-15)11-12-20-17-10-6-9-16(18)13-17;/h3-10,13H,11-12,14H2,1-2H3;1H/q+1;/p-1. The normalized spacial score (nSPS) is 10.8. The zero-order chi connectivity index (χ0) is 14.4. The van der Waals surface area contributed by atoms with Gasteiger partial charge < -0.3 is 21.6 Å². The number of quaternary nitrogens is 1. The van der Waals surface area contributed by atoms with Crippen molar-refractivity contribution in [1.29, 1.82) is 0 Å². The monoisotopic (exact) mass is 325 g/mol. The Morgan fingerprint density at radius 3 is 2.38 bits per heavy atom. The van der Waals surface area contributed by atoms with Crippen molar-refractivity contribution in [3.8, 4) is 5.75 Å². The van der Waals surface area contributed by atoms with Gasteiger partial charge in [-0.15, -0.1) is 0 Å². The van der Waals surface area contributed by atoms with Crippen LogP contribution in [0.5, 0.6) is 5.75 Å². The average molecular weight is 326 g/mol. The molecule has 0 unspecified atom stereocenters. The van der Waals surface area contributed by atoms with Crippen LogP contribution >= 0.6 is 11.6 Å². The molecule has 21 heavy (non-hydrogen) atoms. The van der Waals surface area contributed by atoms with Crippen LogP contribution < -0.4 is 17.1 Å². The van der Waals surface area contributed by atoms with Gasteiger partial charge in [0.25, 0.3) is 0 Å². The molecular weight excluding hydrogens is 305 g/mol. The van der Waals surface area contributed by atoms with Gasteiger partial charge in [0.1, 0.15) is 25.4 Å². The number of likely N-dealkylation sites (N-methyl/N-ethyl adjacent to an activating group) is 1. The van der Waals surface area contributed by atoms with Gasteiger partial charge in [0.2, 0.25) is 0 Å². The summed E-state index contributed by atoms with van der Waals surface area (Å²) in [5.41, 5.74) is 1.35. The highest BCUT2D eigenvalue weighted by Crippen LogP contribution is 2.17. The lowest BCUT2D eigenvalue weighted by molar-refractivity contribution is -0.903. The van der Waals surface area contributed by atoms with Gasteiger partial charge in [0.05, 0.1) is 14.1 Å². The summed E-state index contributed by atoms with van der Waals surface area (Å²) in [5.74, 6) is 0.831. The van der Waals surface area contributed by atoms with Gasteiger partial charge in [-0.3, -0.25) is 0 Å². The van der Waals surface area contributed by atoms with Crippen LogP contribution in [0.4, 0.5) is 0 Å². The molecule has 0 aliphatic heterocycles. The molecule has 0 heterocycles. The van der Waals surface area contributed by atoms with Crippen molar-refractivity contribution < 1.29 is 21.6 Å². The molecule has 0 saturated carbocycles. The fraction of sp³-hybridized carbons (Fsp3) is 0.294. The van der Waals surface area contributed by atoms with Gasteiger partial charge in [-0.2, -0.15) is 0 Å². The molecule has 2 rings (SSSR count). The summed E-state index contributed by atoms with van der Waals surface area (Å²) in [6.45, 7) is 2.63. The zero-order valence-corrected chi connectivity index (χ0v) is 13.9. The third-order valence-corrected chi connectivity index (χ3v) is 3.45. The largest absolute Gasteiger partial charge is 1.00 e. The first kappa shape index (κ1) is 17.8. The first-order valence-corrected chi connectivity index (χ1v) is 7.17. The Balaban J connectivity index is 0.00000220. The predicted molar refractivity (Wildman–Crippen MR) is 84.1 cm³/mol. The van der Waals surface area contributed by atoms with E-state index < -0.39 is 0 Å². The SMILES string of the molecule is C[N+](C)(CCOc1cccc(Cl)c1)Cc1ccccc1.[Cl-]. The summed E-state index contributed by atoms with van der Waals surface area (Å²) in [7, 11) is 4.43. The van der Waals surface area contributed by atoms with Crippen LogP contribution in [0.1, 0.15) is 5.56 Å².